The smallest absolute Gasteiger partial charge is 0.317 e. The fourth-order valence-electron chi connectivity index (χ4n) is 3.53. The number of aliphatic carboxylic acids is 1. The molecule has 3 atom stereocenters. The number of hydrogen-bond acceptors (Lipinski definition) is 6. The van der Waals surface area contributed by atoms with Crippen LogP contribution < -0.4 is 10.9 Å². The molecule has 2 saturated heterocycles. The summed E-state index contributed by atoms with van der Waals surface area (Å²) in [5.41, 5.74) is 7.06. The number of ether oxygens (including phenoxy) is 1. The molecule has 8 nitrogen and oxygen atoms in total. The van der Waals surface area contributed by atoms with Crippen LogP contribution >= 0.6 is 0 Å². The predicted molar refractivity (Wildman–Crippen MR) is 95.3 cm³/mol. The number of benzene rings is 1. The summed E-state index contributed by atoms with van der Waals surface area (Å²) in [5, 5.41) is 8.85. The Bertz CT molecular complexity index is 672. The van der Waals surface area contributed by atoms with E-state index in [2.05, 4.69) is 10.9 Å². The Morgan fingerprint density at radius 1 is 1.33 bits per heavy atom. The molecule has 9 heteroatoms. The van der Waals surface area contributed by atoms with Crippen LogP contribution in [0.1, 0.15) is 18.0 Å². The van der Waals surface area contributed by atoms with Crippen molar-refractivity contribution >= 4 is 11.9 Å². The zero-order valence-electron chi connectivity index (χ0n) is 15.2. The van der Waals surface area contributed by atoms with Gasteiger partial charge in [-0.05, 0) is 31.2 Å². The van der Waals surface area contributed by atoms with Crippen molar-refractivity contribution in [3.05, 3.63) is 35.6 Å². The molecule has 3 rings (SSSR count). The van der Waals surface area contributed by atoms with Crippen LogP contribution in [0.15, 0.2) is 24.3 Å². The van der Waals surface area contributed by atoms with E-state index in [1.165, 1.54) is 12.1 Å². The SMILES string of the molecule is CN(CC(=O)O)CC1CN(C(=O)C2CC(c3ccc(F)cc3)NN2)CCO1. The first-order valence-corrected chi connectivity index (χ1v) is 8.99. The van der Waals surface area contributed by atoms with Crippen molar-refractivity contribution in [2.45, 2.75) is 24.6 Å². The molecule has 0 bridgehead atoms. The van der Waals surface area contributed by atoms with E-state index < -0.39 is 5.97 Å². The predicted octanol–water partition coefficient (Wildman–Crippen LogP) is -0.0229. The largest absolute Gasteiger partial charge is 0.480 e. The van der Waals surface area contributed by atoms with Gasteiger partial charge >= 0.3 is 5.97 Å². The fraction of sp³-hybridized carbons (Fsp3) is 0.556. The first-order chi connectivity index (χ1) is 12.9. The molecule has 3 N–H and O–H groups in total. The number of nitrogens with one attached hydrogen (secondary N) is 2. The molecule has 3 unspecified atom stereocenters. The summed E-state index contributed by atoms with van der Waals surface area (Å²) >= 11 is 0. The number of halogens is 1. The number of carbonyl (C=O) groups excluding carboxylic acids is 1. The zero-order valence-corrected chi connectivity index (χ0v) is 15.2. The minimum absolute atomic E-state index is 0.0127. The molecule has 2 heterocycles. The highest BCUT2D eigenvalue weighted by molar-refractivity contribution is 5.82. The lowest BCUT2D eigenvalue weighted by Gasteiger charge is -2.35. The number of carboxylic acids is 1. The third kappa shape index (κ3) is 5.23. The Labute approximate surface area is 157 Å². The van der Waals surface area contributed by atoms with Gasteiger partial charge in [-0.1, -0.05) is 12.1 Å². The fourth-order valence-corrected chi connectivity index (χ4v) is 3.53. The number of carboxylic acid groups (broad SMARTS) is 1. The highest BCUT2D eigenvalue weighted by Crippen LogP contribution is 2.23. The van der Waals surface area contributed by atoms with E-state index in [0.717, 1.165) is 5.56 Å². The highest BCUT2D eigenvalue weighted by Gasteiger charge is 2.35. The molecule has 0 saturated carbocycles. The summed E-state index contributed by atoms with van der Waals surface area (Å²) in [5.74, 6) is -1.19. The number of hydrogen-bond donors (Lipinski definition) is 3. The molecule has 0 spiro atoms. The summed E-state index contributed by atoms with van der Waals surface area (Å²) in [6.07, 6.45) is 0.361. The van der Waals surface area contributed by atoms with Gasteiger partial charge in [-0.3, -0.25) is 14.5 Å². The zero-order chi connectivity index (χ0) is 19.4. The summed E-state index contributed by atoms with van der Waals surface area (Å²) in [4.78, 5) is 27.0. The molecule has 0 aromatic heterocycles. The van der Waals surface area contributed by atoms with Crippen LogP contribution in [0.3, 0.4) is 0 Å². The van der Waals surface area contributed by atoms with E-state index in [0.29, 0.717) is 32.7 Å². The van der Waals surface area contributed by atoms with Crippen LogP contribution in [0, 0.1) is 5.82 Å². The molecule has 0 aliphatic carbocycles. The van der Waals surface area contributed by atoms with Crippen LogP contribution in [0.5, 0.6) is 0 Å². The number of carbonyl (C=O) groups is 2. The van der Waals surface area contributed by atoms with Crippen molar-refractivity contribution in [1.82, 2.24) is 20.7 Å². The number of morpholine rings is 1. The summed E-state index contributed by atoms with van der Waals surface area (Å²) in [6.45, 7) is 1.75. The van der Waals surface area contributed by atoms with Crippen molar-refractivity contribution < 1.29 is 23.8 Å². The normalized spacial score (nSPS) is 25.7. The Kier molecular flexibility index (Phi) is 6.38. The van der Waals surface area contributed by atoms with Crippen LogP contribution in [0.25, 0.3) is 0 Å². The molecule has 27 heavy (non-hydrogen) atoms. The van der Waals surface area contributed by atoms with Gasteiger partial charge in [0.1, 0.15) is 11.9 Å². The highest BCUT2D eigenvalue weighted by atomic mass is 19.1. The van der Waals surface area contributed by atoms with E-state index in [9.17, 15) is 14.0 Å². The summed E-state index contributed by atoms with van der Waals surface area (Å²) in [6, 6.07) is 5.82. The third-order valence-corrected chi connectivity index (χ3v) is 4.84. The van der Waals surface area contributed by atoms with Crippen LogP contribution in [-0.4, -0.2) is 78.8 Å². The first kappa shape index (κ1) is 19.7. The Hall–Kier alpha value is -2.07. The lowest BCUT2D eigenvalue weighted by Crippen LogP contribution is -2.54. The number of hydrazine groups is 1. The molecule has 2 aliphatic heterocycles. The quantitative estimate of drug-likeness (QED) is 0.638. The number of likely N-dealkylation sites (N-methyl/N-ethyl adjacent to an activating group) is 1. The van der Waals surface area contributed by atoms with Gasteiger partial charge in [-0.15, -0.1) is 0 Å². The minimum atomic E-state index is -0.894. The van der Waals surface area contributed by atoms with Gasteiger partial charge in [0.25, 0.3) is 0 Å². The van der Waals surface area contributed by atoms with Crippen molar-refractivity contribution in [3.8, 4) is 0 Å². The molecular formula is C18H25FN4O4. The topological polar surface area (TPSA) is 94.1 Å². The van der Waals surface area contributed by atoms with Crippen LogP contribution in [0.4, 0.5) is 4.39 Å². The Morgan fingerprint density at radius 3 is 2.78 bits per heavy atom. The molecule has 148 valence electrons. The van der Waals surface area contributed by atoms with Crippen molar-refractivity contribution in [1.29, 1.82) is 0 Å². The van der Waals surface area contributed by atoms with Gasteiger partial charge < -0.3 is 14.7 Å². The van der Waals surface area contributed by atoms with Crippen molar-refractivity contribution in [2.75, 3.05) is 39.8 Å². The average Bonchev–Trinajstić information content (AvgIpc) is 3.11. The van der Waals surface area contributed by atoms with Gasteiger partial charge in [0, 0.05) is 25.7 Å². The molecule has 2 aliphatic rings. The van der Waals surface area contributed by atoms with E-state index in [1.807, 2.05) is 0 Å². The Balaban J connectivity index is 1.53. The van der Waals surface area contributed by atoms with E-state index in [4.69, 9.17) is 9.84 Å². The monoisotopic (exact) mass is 380 g/mol. The molecule has 1 aromatic rings. The maximum atomic E-state index is 13.1. The second-order valence-electron chi connectivity index (χ2n) is 7.05. The molecular weight excluding hydrogens is 355 g/mol. The van der Waals surface area contributed by atoms with Gasteiger partial charge in [0.15, 0.2) is 0 Å². The second-order valence-corrected chi connectivity index (χ2v) is 7.05. The van der Waals surface area contributed by atoms with E-state index in [1.54, 1.807) is 29.0 Å². The number of nitrogens with zero attached hydrogens (tertiary/aromatic N) is 2. The van der Waals surface area contributed by atoms with Gasteiger partial charge in [0.05, 0.1) is 19.3 Å². The van der Waals surface area contributed by atoms with Crippen molar-refractivity contribution in [3.63, 3.8) is 0 Å². The number of rotatable bonds is 6. The third-order valence-electron chi connectivity index (χ3n) is 4.84. The lowest BCUT2D eigenvalue weighted by molar-refractivity contribution is -0.143. The van der Waals surface area contributed by atoms with Crippen LogP contribution in [-0.2, 0) is 14.3 Å². The van der Waals surface area contributed by atoms with Crippen LogP contribution in [0.2, 0.25) is 0 Å². The average molecular weight is 380 g/mol. The van der Waals surface area contributed by atoms with E-state index >= 15 is 0 Å². The van der Waals surface area contributed by atoms with Gasteiger partial charge in [-0.2, -0.15) is 0 Å². The van der Waals surface area contributed by atoms with Crippen molar-refractivity contribution in [2.24, 2.45) is 0 Å². The van der Waals surface area contributed by atoms with Gasteiger partial charge in [-0.25, -0.2) is 15.2 Å². The maximum Gasteiger partial charge on any atom is 0.317 e. The molecule has 1 amide bonds. The van der Waals surface area contributed by atoms with E-state index in [-0.39, 0.29) is 36.5 Å². The molecule has 2 fully saturated rings. The summed E-state index contributed by atoms with van der Waals surface area (Å²) in [7, 11) is 1.72. The minimum Gasteiger partial charge on any atom is -0.480 e. The molecule has 1 aromatic carbocycles. The molecule has 0 radical (unpaired) electrons. The lowest BCUT2D eigenvalue weighted by atomic mass is 10.0. The first-order valence-electron chi connectivity index (χ1n) is 8.99. The number of amides is 1. The standard InChI is InChI=1S/C18H25FN4O4/c1-22(11-17(24)25)9-14-10-23(6-7-27-14)18(26)16-8-15(20-21-16)12-2-4-13(19)5-3-12/h2-5,14-16,20-21H,6-11H2,1H3,(H,24,25). The Morgan fingerprint density at radius 2 is 2.07 bits per heavy atom. The summed E-state index contributed by atoms with van der Waals surface area (Å²) < 4.78 is 18.7. The second kappa shape index (κ2) is 8.75. The van der Waals surface area contributed by atoms with Gasteiger partial charge in [0.2, 0.25) is 5.91 Å². The maximum absolute atomic E-state index is 13.1.